The van der Waals surface area contributed by atoms with Crippen LogP contribution in [0.5, 0.6) is 0 Å². The molecule has 0 amide bonds. The summed E-state index contributed by atoms with van der Waals surface area (Å²) in [5.74, 6) is -1.28. The fourth-order valence-corrected chi connectivity index (χ4v) is 1.35. The number of ether oxygens (including phenoxy) is 1. The third-order valence-electron chi connectivity index (χ3n) is 2.20. The van der Waals surface area contributed by atoms with Crippen LogP contribution in [0.3, 0.4) is 0 Å². The molecule has 88 valence electrons. The molecule has 0 heterocycles. The second-order valence-electron chi connectivity index (χ2n) is 3.41. The van der Waals surface area contributed by atoms with Gasteiger partial charge in [-0.25, -0.2) is 9.59 Å². The fourth-order valence-electron chi connectivity index (χ4n) is 1.35. The van der Waals surface area contributed by atoms with Crippen LogP contribution in [0.4, 0.5) is 0 Å². The van der Waals surface area contributed by atoms with E-state index < -0.39 is 11.9 Å². The minimum atomic E-state index is -0.639. The van der Waals surface area contributed by atoms with Gasteiger partial charge in [0.15, 0.2) is 0 Å². The van der Waals surface area contributed by atoms with Gasteiger partial charge < -0.3 is 4.74 Å². The molecule has 0 saturated carbocycles. The number of esters is 2. The van der Waals surface area contributed by atoms with Crippen LogP contribution in [-0.4, -0.2) is 60.4 Å². The molecule has 19 heavy (non-hydrogen) atoms. The van der Waals surface area contributed by atoms with Crippen molar-refractivity contribution in [1.82, 2.24) is 0 Å². The predicted molar refractivity (Wildman–Crippen MR) is 76.9 cm³/mol. The third-order valence-corrected chi connectivity index (χ3v) is 2.20. The molecule has 0 fully saturated rings. The van der Waals surface area contributed by atoms with E-state index in [2.05, 4.69) is 0 Å². The van der Waals surface area contributed by atoms with Crippen LogP contribution >= 0.6 is 0 Å². The van der Waals surface area contributed by atoms with Crippen molar-refractivity contribution in [3.8, 4) is 0 Å². The van der Waals surface area contributed by atoms with Gasteiger partial charge in [-0.1, -0.05) is 36.4 Å². The fraction of sp³-hybridized carbons (Fsp3) is 0. The summed E-state index contributed by atoms with van der Waals surface area (Å²) in [6, 6.07) is 16.8. The van der Waals surface area contributed by atoms with Crippen molar-refractivity contribution < 1.29 is 14.3 Å². The summed E-state index contributed by atoms with van der Waals surface area (Å²) in [7, 11) is 0. The molecular formula is C14H12LiNaO3. The molecule has 0 aromatic heterocycles. The van der Waals surface area contributed by atoms with Crippen molar-refractivity contribution >= 4 is 60.4 Å². The van der Waals surface area contributed by atoms with E-state index in [1.807, 2.05) is 0 Å². The molecule has 0 saturated heterocycles. The zero-order valence-corrected chi connectivity index (χ0v) is 9.00. The van der Waals surface area contributed by atoms with Crippen LogP contribution < -0.4 is 0 Å². The van der Waals surface area contributed by atoms with Crippen molar-refractivity contribution in [3.05, 3.63) is 71.8 Å². The van der Waals surface area contributed by atoms with Crippen molar-refractivity contribution in [1.29, 1.82) is 0 Å². The van der Waals surface area contributed by atoms with Crippen molar-refractivity contribution in [2.75, 3.05) is 0 Å². The number of carbonyl (C=O) groups excluding carboxylic acids is 2. The van der Waals surface area contributed by atoms with E-state index in [4.69, 9.17) is 4.74 Å². The number of hydrogen-bond donors (Lipinski definition) is 0. The number of carbonyl (C=O) groups is 2. The Kier molecular flexibility index (Phi) is 8.74. The molecule has 0 atom stereocenters. The maximum atomic E-state index is 11.6. The molecule has 2 aromatic rings. The first kappa shape index (κ1) is 18.2. The number of rotatable bonds is 2. The van der Waals surface area contributed by atoms with Gasteiger partial charge in [0.1, 0.15) is 0 Å². The summed E-state index contributed by atoms with van der Waals surface area (Å²) in [4.78, 5) is 23.2. The molecule has 5 heteroatoms. The van der Waals surface area contributed by atoms with E-state index in [-0.39, 0.29) is 48.4 Å². The molecule has 3 nitrogen and oxygen atoms in total. The zero-order chi connectivity index (χ0) is 12.1. The summed E-state index contributed by atoms with van der Waals surface area (Å²) in [6.45, 7) is 0. The Morgan fingerprint density at radius 2 is 1.00 bits per heavy atom. The predicted octanol–water partition coefficient (Wildman–Crippen LogP) is 1.39. The summed E-state index contributed by atoms with van der Waals surface area (Å²) in [6.07, 6.45) is 0. The van der Waals surface area contributed by atoms with Gasteiger partial charge in [0.2, 0.25) is 0 Å². The first-order chi connectivity index (χ1) is 8.27. The van der Waals surface area contributed by atoms with Gasteiger partial charge in [0, 0.05) is 0 Å². The van der Waals surface area contributed by atoms with Crippen LogP contribution in [0.15, 0.2) is 60.7 Å². The first-order valence-corrected chi connectivity index (χ1v) is 5.14. The van der Waals surface area contributed by atoms with E-state index in [9.17, 15) is 9.59 Å². The van der Waals surface area contributed by atoms with E-state index in [0.717, 1.165) is 0 Å². The summed E-state index contributed by atoms with van der Waals surface area (Å²) in [5.41, 5.74) is 0.716. The van der Waals surface area contributed by atoms with Crippen molar-refractivity contribution in [3.63, 3.8) is 0 Å². The van der Waals surface area contributed by atoms with Crippen molar-refractivity contribution in [2.45, 2.75) is 0 Å². The standard InChI is InChI=1S/C14H10O3.Li.Na.2H/c15-13(11-7-3-1-4-8-11)17-14(16)12-9-5-2-6-10-12;;;;/h1-10H;;;;. The van der Waals surface area contributed by atoms with E-state index in [1.54, 1.807) is 60.7 Å². The zero-order valence-electron chi connectivity index (χ0n) is 9.00. The molecule has 2 aromatic carbocycles. The Morgan fingerprint density at radius 1 is 0.684 bits per heavy atom. The van der Waals surface area contributed by atoms with E-state index >= 15 is 0 Å². The van der Waals surface area contributed by atoms with Crippen LogP contribution in [0.2, 0.25) is 0 Å². The molecule has 0 aliphatic carbocycles. The number of benzene rings is 2. The van der Waals surface area contributed by atoms with Crippen LogP contribution in [0.1, 0.15) is 20.7 Å². The molecule has 0 aliphatic heterocycles. The molecule has 0 N–H and O–H groups in total. The maximum absolute atomic E-state index is 11.6. The topological polar surface area (TPSA) is 43.4 Å². The summed E-state index contributed by atoms with van der Waals surface area (Å²) < 4.78 is 4.74. The molecule has 0 bridgehead atoms. The van der Waals surface area contributed by atoms with Crippen LogP contribution in [-0.2, 0) is 4.74 Å². The quantitative estimate of drug-likeness (QED) is 0.464. The van der Waals surface area contributed by atoms with Gasteiger partial charge in [-0.3, -0.25) is 0 Å². The van der Waals surface area contributed by atoms with Gasteiger partial charge >= 0.3 is 60.4 Å². The molecule has 0 spiro atoms. The summed E-state index contributed by atoms with van der Waals surface area (Å²) in [5, 5.41) is 0. The molecule has 0 aliphatic rings. The Balaban J connectivity index is 0.00000162. The summed E-state index contributed by atoms with van der Waals surface area (Å²) >= 11 is 0. The van der Waals surface area contributed by atoms with Crippen LogP contribution in [0.25, 0.3) is 0 Å². The minimum absolute atomic E-state index is 0. The Morgan fingerprint density at radius 3 is 1.32 bits per heavy atom. The second kappa shape index (κ2) is 9.14. The third kappa shape index (κ3) is 5.36. The Hall–Kier alpha value is -0.823. The SMILES string of the molecule is O=C(OC(=O)c1ccccc1)c1ccccc1.[LiH].[NaH]. The molecule has 0 unspecified atom stereocenters. The van der Waals surface area contributed by atoms with E-state index in [1.165, 1.54) is 0 Å². The number of hydrogen-bond acceptors (Lipinski definition) is 3. The van der Waals surface area contributed by atoms with Gasteiger partial charge in [0.25, 0.3) is 0 Å². The molecule has 2 rings (SSSR count). The van der Waals surface area contributed by atoms with Gasteiger partial charge in [0.05, 0.1) is 11.1 Å². The van der Waals surface area contributed by atoms with Gasteiger partial charge in [-0.2, -0.15) is 0 Å². The van der Waals surface area contributed by atoms with Crippen molar-refractivity contribution in [2.24, 2.45) is 0 Å². The average Bonchev–Trinajstić information content (AvgIpc) is 2.40. The average molecular weight is 258 g/mol. The molecular weight excluding hydrogens is 246 g/mol. The van der Waals surface area contributed by atoms with Gasteiger partial charge in [-0.05, 0) is 24.3 Å². The van der Waals surface area contributed by atoms with Gasteiger partial charge in [-0.15, -0.1) is 0 Å². The second-order valence-corrected chi connectivity index (χ2v) is 3.41. The Labute approximate surface area is 145 Å². The normalized spacial score (nSPS) is 8.63. The monoisotopic (exact) mass is 258 g/mol. The first-order valence-electron chi connectivity index (χ1n) is 5.14. The van der Waals surface area contributed by atoms with E-state index in [0.29, 0.717) is 11.1 Å². The molecule has 0 radical (unpaired) electrons. The van der Waals surface area contributed by atoms with Crippen LogP contribution in [0, 0.1) is 0 Å². The Bertz CT molecular complexity index is 479.